The molecule has 7 nitrogen and oxygen atoms in total. The Kier molecular flexibility index (Phi) is 10.3. The molecule has 32 heavy (non-hydrogen) atoms. The van der Waals surface area contributed by atoms with Gasteiger partial charge in [0.2, 0.25) is 5.91 Å². The fraction of sp³-hybridized carbons (Fsp3) is 0.542. The predicted molar refractivity (Wildman–Crippen MR) is 132 cm³/mol. The zero-order valence-electron chi connectivity index (χ0n) is 19.8. The average molecular weight is 455 g/mol. The molecule has 0 fully saturated rings. The van der Waals surface area contributed by atoms with Crippen molar-refractivity contribution in [2.45, 2.75) is 66.7 Å². The first-order valence-electron chi connectivity index (χ1n) is 11.4. The van der Waals surface area contributed by atoms with Gasteiger partial charge in [-0.2, -0.15) is 9.64 Å². The Morgan fingerprint density at radius 2 is 2.06 bits per heavy atom. The van der Waals surface area contributed by atoms with Crippen molar-refractivity contribution in [3.05, 3.63) is 29.5 Å². The first-order valence-corrected chi connectivity index (χ1v) is 12.2. The second-order valence-corrected chi connectivity index (χ2v) is 8.56. The minimum Gasteiger partial charge on any atom is -0.371 e. The van der Waals surface area contributed by atoms with Crippen molar-refractivity contribution in [1.29, 1.82) is 5.26 Å². The van der Waals surface area contributed by atoms with Gasteiger partial charge in [0, 0.05) is 25.7 Å². The minimum atomic E-state index is -0.167. The summed E-state index contributed by atoms with van der Waals surface area (Å²) >= 11 is 1.16. The SMILES string of the molecule is CCCCC(CC)CN(CC)c1ccc(/N=N/c2snc(CC)c2C#N)c(NC(C)=O)c1. The summed E-state index contributed by atoms with van der Waals surface area (Å²) in [5.74, 6) is 0.474. The topological polar surface area (TPSA) is 93.7 Å². The Bertz CT molecular complexity index is 962. The van der Waals surface area contributed by atoms with Crippen LogP contribution in [0.25, 0.3) is 0 Å². The number of unbranched alkanes of at least 4 members (excludes halogenated alkanes) is 1. The Morgan fingerprint density at radius 3 is 2.66 bits per heavy atom. The third-order valence-corrected chi connectivity index (χ3v) is 6.27. The van der Waals surface area contributed by atoms with E-state index in [9.17, 15) is 10.1 Å². The van der Waals surface area contributed by atoms with Gasteiger partial charge in [0.1, 0.15) is 17.3 Å². The number of aromatic nitrogens is 1. The molecule has 0 aliphatic heterocycles. The Balaban J connectivity index is 2.33. The molecule has 0 aliphatic carbocycles. The van der Waals surface area contributed by atoms with E-state index in [1.165, 1.54) is 26.2 Å². The first kappa shape index (κ1) is 25.5. The molecule has 172 valence electrons. The number of nitrogens with one attached hydrogen (secondary N) is 1. The van der Waals surface area contributed by atoms with Crippen LogP contribution in [-0.2, 0) is 11.2 Å². The average Bonchev–Trinajstić information content (AvgIpc) is 3.20. The van der Waals surface area contributed by atoms with Gasteiger partial charge in [-0.05, 0) is 55.4 Å². The van der Waals surface area contributed by atoms with Crippen LogP contribution >= 0.6 is 11.5 Å². The van der Waals surface area contributed by atoms with E-state index in [1.807, 2.05) is 25.1 Å². The monoisotopic (exact) mass is 454 g/mol. The summed E-state index contributed by atoms with van der Waals surface area (Å²) in [7, 11) is 0. The standard InChI is InChI=1S/C24H34N6OS/c1-6-10-11-18(7-2)16-30(9-4)19-12-13-22(23(14-19)26-17(5)31)27-28-24-20(15-25)21(8-3)29-32-24/h12-14,18H,6-11,16H2,1-5H3,(H,26,31)/b28-27+. The highest BCUT2D eigenvalue weighted by Gasteiger charge is 2.15. The van der Waals surface area contributed by atoms with Crippen LogP contribution in [-0.4, -0.2) is 23.4 Å². The van der Waals surface area contributed by atoms with Gasteiger partial charge < -0.3 is 10.2 Å². The molecule has 0 bridgehead atoms. The van der Waals surface area contributed by atoms with Gasteiger partial charge in [-0.15, -0.1) is 10.2 Å². The minimum absolute atomic E-state index is 0.167. The van der Waals surface area contributed by atoms with Crippen molar-refractivity contribution in [3.8, 4) is 6.07 Å². The normalized spacial score (nSPS) is 12.0. The summed E-state index contributed by atoms with van der Waals surface area (Å²) in [6.07, 6.45) is 5.50. The maximum Gasteiger partial charge on any atom is 0.221 e. The lowest BCUT2D eigenvalue weighted by Gasteiger charge is -2.28. The lowest BCUT2D eigenvalue weighted by atomic mass is 9.98. The number of hydrogen-bond acceptors (Lipinski definition) is 7. The summed E-state index contributed by atoms with van der Waals surface area (Å²) < 4.78 is 4.28. The summed E-state index contributed by atoms with van der Waals surface area (Å²) in [4.78, 5) is 14.2. The number of hydrogen-bond donors (Lipinski definition) is 1. The number of benzene rings is 1. The number of rotatable bonds is 12. The van der Waals surface area contributed by atoms with E-state index in [4.69, 9.17) is 0 Å². The maximum atomic E-state index is 11.8. The molecule has 2 aromatic rings. The van der Waals surface area contributed by atoms with E-state index >= 15 is 0 Å². The fourth-order valence-electron chi connectivity index (χ4n) is 3.58. The van der Waals surface area contributed by atoms with Crippen molar-refractivity contribution in [2.24, 2.45) is 16.1 Å². The highest BCUT2D eigenvalue weighted by Crippen LogP contribution is 2.34. The van der Waals surface area contributed by atoms with Crippen molar-refractivity contribution in [1.82, 2.24) is 4.37 Å². The van der Waals surface area contributed by atoms with Crippen LogP contribution in [0.2, 0.25) is 0 Å². The predicted octanol–water partition coefficient (Wildman–Crippen LogP) is 6.99. The number of azo groups is 1. The molecule has 0 saturated carbocycles. The molecule has 2 rings (SSSR count). The summed E-state index contributed by atoms with van der Waals surface area (Å²) in [6.45, 7) is 11.9. The van der Waals surface area contributed by atoms with E-state index < -0.39 is 0 Å². The third kappa shape index (κ3) is 6.86. The molecule has 8 heteroatoms. The molecule has 1 N–H and O–H groups in total. The van der Waals surface area contributed by atoms with Crippen molar-refractivity contribution >= 4 is 39.5 Å². The first-order chi connectivity index (χ1) is 15.5. The van der Waals surface area contributed by atoms with Gasteiger partial charge in [0.05, 0.1) is 11.4 Å². The van der Waals surface area contributed by atoms with E-state index in [-0.39, 0.29) is 5.91 Å². The molecule has 0 aliphatic rings. The third-order valence-electron chi connectivity index (χ3n) is 5.50. The van der Waals surface area contributed by atoms with Gasteiger partial charge in [-0.1, -0.05) is 40.0 Å². The molecule has 1 amide bonds. The number of carbonyl (C=O) groups excluding carboxylic acids is 1. The van der Waals surface area contributed by atoms with Crippen LogP contribution in [0, 0.1) is 17.2 Å². The highest BCUT2D eigenvalue weighted by molar-refractivity contribution is 7.10. The zero-order valence-corrected chi connectivity index (χ0v) is 20.6. The summed E-state index contributed by atoms with van der Waals surface area (Å²) in [6, 6.07) is 8.01. The molecule has 1 heterocycles. The van der Waals surface area contributed by atoms with Crippen LogP contribution < -0.4 is 10.2 Å². The van der Waals surface area contributed by atoms with Gasteiger partial charge in [0.15, 0.2) is 5.00 Å². The zero-order chi connectivity index (χ0) is 23.5. The van der Waals surface area contributed by atoms with Crippen molar-refractivity contribution in [3.63, 3.8) is 0 Å². The van der Waals surface area contributed by atoms with Crippen LogP contribution in [0.4, 0.5) is 22.1 Å². The van der Waals surface area contributed by atoms with E-state index in [0.29, 0.717) is 34.3 Å². The number of amides is 1. The maximum absolute atomic E-state index is 11.8. The van der Waals surface area contributed by atoms with Gasteiger partial charge in [-0.3, -0.25) is 4.79 Å². The van der Waals surface area contributed by atoms with Crippen LogP contribution in [0.3, 0.4) is 0 Å². The van der Waals surface area contributed by atoms with Crippen molar-refractivity contribution in [2.75, 3.05) is 23.3 Å². The summed E-state index contributed by atoms with van der Waals surface area (Å²) in [5.41, 5.74) is 3.41. The molecule has 1 unspecified atom stereocenters. The number of aryl methyl sites for hydroxylation is 1. The van der Waals surface area contributed by atoms with Gasteiger partial charge >= 0.3 is 0 Å². The lowest BCUT2D eigenvalue weighted by molar-refractivity contribution is -0.114. The van der Waals surface area contributed by atoms with E-state index in [1.54, 1.807) is 0 Å². The quantitative estimate of drug-likeness (QED) is 0.350. The number of nitrogens with zero attached hydrogens (tertiary/aromatic N) is 5. The van der Waals surface area contributed by atoms with E-state index in [2.05, 4.69) is 51.7 Å². The van der Waals surface area contributed by atoms with Gasteiger partial charge in [-0.25, -0.2) is 0 Å². The fourth-order valence-corrected chi connectivity index (χ4v) is 4.33. The molecule has 0 radical (unpaired) electrons. The Hall–Kier alpha value is -2.79. The van der Waals surface area contributed by atoms with Crippen LogP contribution in [0.5, 0.6) is 0 Å². The number of nitriles is 1. The Labute approximate surface area is 195 Å². The molecular formula is C24H34N6OS. The molecule has 1 aromatic heterocycles. The molecular weight excluding hydrogens is 420 g/mol. The molecule has 1 aromatic carbocycles. The number of anilines is 2. The molecule has 1 atom stereocenters. The Morgan fingerprint density at radius 1 is 1.28 bits per heavy atom. The largest absolute Gasteiger partial charge is 0.371 e. The van der Waals surface area contributed by atoms with Crippen LogP contribution in [0.15, 0.2) is 28.4 Å². The second kappa shape index (κ2) is 12.9. The smallest absolute Gasteiger partial charge is 0.221 e. The highest BCUT2D eigenvalue weighted by atomic mass is 32.1. The summed E-state index contributed by atoms with van der Waals surface area (Å²) in [5, 5.41) is 21.4. The molecule has 0 spiro atoms. The molecule has 0 saturated heterocycles. The van der Waals surface area contributed by atoms with Crippen LogP contribution in [0.1, 0.15) is 71.6 Å². The number of carbonyl (C=O) groups is 1. The second-order valence-electron chi connectivity index (χ2n) is 7.81. The van der Waals surface area contributed by atoms with Gasteiger partial charge in [0.25, 0.3) is 0 Å². The van der Waals surface area contributed by atoms with Crippen molar-refractivity contribution < 1.29 is 4.79 Å². The lowest BCUT2D eigenvalue weighted by Crippen LogP contribution is -2.29. The van der Waals surface area contributed by atoms with E-state index in [0.717, 1.165) is 42.4 Å².